The molecule has 0 bridgehead atoms. The third-order valence-corrected chi connectivity index (χ3v) is 4.43. The van der Waals surface area contributed by atoms with Crippen molar-refractivity contribution in [3.8, 4) is 0 Å². The van der Waals surface area contributed by atoms with Crippen LogP contribution in [0.4, 0.5) is 8.59 Å². The zero-order valence-electron chi connectivity index (χ0n) is 8.34. The lowest BCUT2D eigenvalue weighted by Crippen LogP contribution is -2.50. The molecular formula is C6H11F2O6P2+. The lowest BCUT2D eigenvalue weighted by Gasteiger charge is -2.40. The molecule has 2 rings (SSSR count). The quantitative estimate of drug-likeness (QED) is 0.682. The molecule has 0 aromatic rings. The second-order valence-electron chi connectivity index (χ2n) is 3.84. The van der Waals surface area contributed by atoms with Crippen LogP contribution in [0.5, 0.6) is 0 Å². The SMILES string of the molecule is C[P+]1(O)OCC2(COP(=O)(F)OC2)C(F)O1. The smallest absolute Gasteiger partial charge is 0.283 e. The van der Waals surface area contributed by atoms with Gasteiger partial charge in [-0.3, -0.25) is 9.05 Å². The van der Waals surface area contributed by atoms with E-state index < -0.39 is 40.8 Å². The highest BCUT2D eigenvalue weighted by molar-refractivity contribution is 7.59. The molecule has 0 aliphatic carbocycles. The Balaban J connectivity index is 2.08. The molecular weight excluding hydrogens is 268 g/mol. The molecule has 0 saturated carbocycles. The van der Waals surface area contributed by atoms with Gasteiger partial charge in [-0.15, -0.1) is 8.72 Å². The van der Waals surface area contributed by atoms with Gasteiger partial charge in [0.15, 0.2) is 0 Å². The average Bonchev–Trinajstić information content (AvgIpc) is 2.15. The molecule has 2 aliphatic rings. The Morgan fingerprint density at radius 3 is 2.50 bits per heavy atom. The molecule has 2 saturated heterocycles. The Morgan fingerprint density at radius 1 is 1.44 bits per heavy atom. The number of rotatable bonds is 0. The van der Waals surface area contributed by atoms with Crippen molar-refractivity contribution in [1.82, 2.24) is 0 Å². The maximum Gasteiger partial charge on any atom is 0.513 e. The van der Waals surface area contributed by atoms with Crippen molar-refractivity contribution in [2.24, 2.45) is 5.41 Å². The van der Waals surface area contributed by atoms with Crippen LogP contribution in [0, 0.1) is 5.41 Å². The molecule has 16 heavy (non-hydrogen) atoms. The van der Waals surface area contributed by atoms with E-state index in [2.05, 4.69) is 13.6 Å². The van der Waals surface area contributed by atoms with Crippen molar-refractivity contribution < 1.29 is 36.1 Å². The van der Waals surface area contributed by atoms with Gasteiger partial charge in [0.1, 0.15) is 18.7 Å². The molecule has 2 aliphatic heterocycles. The van der Waals surface area contributed by atoms with Crippen molar-refractivity contribution in [3.63, 3.8) is 0 Å². The molecule has 0 amide bonds. The topological polar surface area (TPSA) is 74.2 Å². The summed E-state index contributed by atoms with van der Waals surface area (Å²) in [7, 11) is -7.74. The van der Waals surface area contributed by atoms with E-state index >= 15 is 0 Å². The van der Waals surface area contributed by atoms with Gasteiger partial charge in [-0.05, 0) is 0 Å². The van der Waals surface area contributed by atoms with Gasteiger partial charge in [-0.2, -0.15) is 9.42 Å². The van der Waals surface area contributed by atoms with Crippen LogP contribution in [0.2, 0.25) is 0 Å². The van der Waals surface area contributed by atoms with Crippen molar-refractivity contribution in [2.45, 2.75) is 6.36 Å². The Kier molecular flexibility index (Phi) is 3.13. The lowest BCUT2D eigenvalue weighted by molar-refractivity contribution is -0.169. The Labute approximate surface area is 91.1 Å². The van der Waals surface area contributed by atoms with Gasteiger partial charge in [0.25, 0.3) is 6.36 Å². The zero-order valence-corrected chi connectivity index (χ0v) is 10.1. The molecule has 0 aromatic heterocycles. The number of hydrogen-bond acceptors (Lipinski definition) is 6. The summed E-state index contributed by atoms with van der Waals surface area (Å²) in [5.41, 5.74) is -1.37. The van der Waals surface area contributed by atoms with Crippen LogP contribution in [0.3, 0.4) is 0 Å². The van der Waals surface area contributed by atoms with Crippen LogP contribution in [0.15, 0.2) is 0 Å². The third kappa shape index (κ3) is 2.43. The summed E-state index contributed by atoms with van der Waals surface area (Å²) < 4.78 is 55.3. The van der Waals surface area contributed by atoms with Crippen LogP contribution in [0.25, 0.3) is 0 Å². The van der Waals surface area contributed by atoms with E-state index in [-0.39, 0.29) is 6.61 Å². The van der Waals surface area contributed by atoms with Gasteiger partial charge in [0.05, 0.1) is 13.2 Å². The predicted octanol–water partition coefficient (Wildman–Crippen LogP) is 1.82. The van der Waals surface area contributed by atoms with Crippen molar-refractivity contribution >= 4 is 15.8 Å². The van der Waals surface area contributed by atoms with E-state index in [0.29, 0.717) is 0 Å². The molecule has 2 fully saturated rings. The minimum absolute atomic E-state index is 0.241. The normalized spacial score (nSPS) is 54.1. The van der Waals surface area contributed by atoms with E-state index in [4.69, 9.17) is 4.52 Å². The van der Waals surface area contributed by atoms with Crippen LogP contribution >= 0.6 is 15.8 Å². The summed E-state index contributed by atoms with van der Waals surface area (Å²) in [5, 5.41) is 0. The first kappa shape index (κ1) is 12.8. The minimum Gasteiger partial charge on any atom is -0.283 e. The first-order valence-corrected chi connectivity index (χ1v) is 7.86. The Hall–Kier alpha value is 0.320. The second kappa shape index (κ2) is 3.92. The molecule has 2 atom stereocenters. The fourth-order valence-electron chi connectivity index (χ4n) is 1.33. The average molecular weight is 279 g/mol. The van der Waals surface area contributed by atoms with Crippen molar-refractivity contribution in [1.29, 1.82) is 0 Å². The molecule has 0 radical (unpaired) electrons. The Bertz CT molecular complexity index is 325. The fraction of sp³-hybridized carbons (Fsp3) is 1.00. The second-order valence-corrected chi connectivity index (χ2v) is 7.29. The van der Waals surface area contributed by atoms with E-state index in [0.717, 1.165) is 0 Å². The number of halogens is 2. The summed E-state index contributed by atoms with van der Waals surface area (Å²) in [5.74, 6) is 0. The van der Waals surface area contributed by atoms with Crippen LogP contribution in [-0.2, 0) is 22.7 Å². The predicted molar refractivity (Wildman–Crippen MR) is 50.0 cm³/mol. The summed E-state index contributed by atoms with van der Waals surface area (Å²) in [6.45, 7) is 0.0237. The van der Waals surface area contributed by atoms with E-state index in [9.17, 15) is 18.0 Å². The maximum absolute atomic E-state index is 13.7. The summed E-state index contributed by atoms with van der Waals surface area (Å²) in [4.78, 5) is 9.38. The first-order chi connectivity index (χ1) is 7.25. The van der Waals surface area contributed by atoms with Gasteiger partial charge in [-0.25, -0.2) is 8.96 Å². The van der Waals surface area contributed by atoms with Crippen LogP contribution in [0.1, 0.15) is 0 Å². The molecule has 10 heteroatoms. The van der Waals surface area contributed by atoms with Crippen LogP contribution in [-0.4, -0.2) is 37.7 Å². The summed E-state index contributed by atoms with van der Waals surface area (Å²) in [6.07, 6.45) is -1.91. The first-order valence-electron chi connectivity index (χ1n) is 4.40. The van der Waals surface area contributed by atoms with Crippen LogP contribution < -0.4 is 0 Å². The van der Waals surface area contributed by atoms with Crippen molar-refractivity contribution in [3.05, 3.63) is 0 Å². The summed E-state index contributed by atoms with van der Waals surface area (Å²) in [6, 6.07) is 0. The molecule has 1 spiro atoms. The highest BCUT2D eigenvalue weighted by atomic mass is 31.2. The molecule has 1 N–H and O–H groups in total. The zero-order chi connectivity index (χ0) is 12.0. The Morgan fingerprint density at radius 2 is 2.00 bits per heavy atom. The standard InChI is InChI=1S/C6H11F2O6P2/c1-15(9)11-2-6(5(7)14-15)3-12-16(8,10)13-4-6/h5,9H,2-4H2,1H3/q+1. The third-order valence-electron chi connectivity index (χ3n) is 2.37. The fourth-order valence-corrected chi connectivity index (χ4v) is 3.35. The van der Waals surface area contributed by atoms with E-state index in [1.54, 1.807) is 0 Å². The van der Waals surface area contributed by atoms with Crippen molar-refractivity contribution in [2.75, 3.05) is 26.5 Å². The highest BCUT2D eigenvalue weighted by Crippen LogP contribution is 2.63. The lowest BCUT2D eigenvalue weighted by atomic mass is 9.91. The van der Waals surface area contributed by atoms with E-state index in [1.807, 2.05) is 0 Å². The van der Waals surface area contributed by atoms with E-state index in [1.165, 1.54) is 6.66 Å². The summed E-state index contributed by atoms with van der Waals surface area (Å²) >= 11 is 0. The van der Waals surface area contributed by atoms with Gasteiger partial charge >= 0.3 is 15.8 Å². The maximum atomic E-state index is 13.7. The molecule has 94 valence electrons. The van der Waals surface area contributed by atoms with Gasteiger partial charge in [-0.1, -0.05) is 0 Å². The van der Waals surface area contributed by atoms with Gasteiger partial charge in [0, 0.05) is 0 Å². The molecule has 0 aromatic carbocycles. The minimum atomic E-state index is -4.57. The largest absolute Gasteiger partial charge is 0.513 e. The number of alkyl halides is 1. The molecule has 2 heterocycles. The highest BCUT2D eigenvalue weighted by Gasteiger charge is 2.59. The molecule has 2 unspecified atom stereocenters. The monoisotopic (exact) mass is 279 g/mol. The van der Waals surface area contributed by atoms with Gasteiger partial charge in [0.2, 0.25) is 0 Å². The molecule has 6 nitrogen and oxygen atoms in total. The number of hydrogen-bond donors (Lipinski definition) is 1. The van der Waals surface area contributed by atoms with Gasteiger partial charge < -0.3 is 0 Å².